The molecule has 30 heavy (non-hydrogen) atoms. The number of benzene rings is 1. The Kier molecular flexibility index (Phi) is 8.28. The van der Waals surface area contributed by atoms with Gasteiger partial charge in [-0.3, -0.25) is 19.4 Å². The minimum Gasteiger partial charge on any atom is -0.354 e. The summed E-state index contributed by atoms with van der Waals surface area (Å²) in [5.74, 6) is 0.822. The molecule has 1 aliphatic heterocycles. The van der Waals surface area contributed by atoms with Gasteiger partial charge in [-0.1, -0.05) is 37.5 Å². The van der Waals surface area contributed by atoms with Crippen molar-refractivity contribution in [3.05, 3.63) is 29.3 Å². The minimum absolute atomic E-state index is 0.0270. The van der Waals surface area contributed by atoms with Crippen molar-refractivity contribution in [3.63, 3.8) is 0 Å². The van der Waals surface area contributed by atoms with Crippen LogP contribution in [0.1, 0.15) is 50.2 Å². The first-order valence-electron chi connectivity index (χ1n) is 11.5. The van der Waals surface area contributed by atoms with Crippen LogP contribution in [0.15, 0.2) is 18.2 Å². The van der Waals surface area contributed by atoms with E-state index < -0.39 is 0 Å². The highest BCUT2D eigenvalue weighted by molar-refractivity contribution is 5.93. The van der Waals surface area contributed by atoms with E-state index in [9.17, 15) is 9.59 Å². The van der Waals surface area contributed by atoms with Gasteiger partial charge >= 0.3 is 0 Å². The molecule has 0 unspecified atom stereocenters. The molecule has 0 aromatic heterocycles. The number of amides is 2. The van der Waals surface area contributed by atoms with Crippen molar-refractivity contribution in [1.29, 1.82) is 0 Å². The van der Waals surface area contributed by atoms with Crippen molar-refractivity contribution in [2.24, 2.45) is 5.92 Å². The zero-order valence-electron chi connectivity index (χ0n) is 18.9. The first kappa shape index (κ1) is 22.8. The maximum absolute atomic E-state index is 12.6. The number of carbonyl (C=O) groups excluding carboxylic acids is 2. The number of anilines is 1. The topological polar surface area (TPSA) is 64.7 Å². The summed E-state index contributed by atoms with van der Waals surface area (Å²) in [7, 11) is 0. The highest BCUT2D eigenvalue weighted by Gasteiger charge is 2.27. The van der Waals surface area contributed by atoms with Gasteiger partial charge < -0.3 is 10.6 Å². The summed E-state index contributed by atoms with van der Waals surface area (Å²) in [6, 6.07) is 5.93. The van der Waals surface area contributed by atoms with E-state index in [4.69, 9.17) is 0 Å². The van der Waals surface area contributed by atoms with Crippen LogP contribution in [0, 0.1) is 19.8 Å². The third kappa shape index (κ3) is 6.29. The molecular formula is C24H38N4O2. The van der Waals surface area contributed by atoms with Gasteiger partial charge in [0.15, 0.2) is 0 Å². The number of hydrogen-bond donors (Lipinski definition) is 2. The van der Waals surface area contributed by atoms with E-state index >= 15 is 0 Å². The molecule has 1 atom stereocenters. The molecule has 3 rings (SSSR count). The molecule has 1 aliphatic carbocycles. The molecule has 1 saturated carbocycles. The molecule has 6 heteroatoms. The fourth-order valence-electron chi connectivity index (χ4n) is 4.65. The third-order valence-electron chi connectivity index (χ3n) is 6.74. The number of para-hydroxylation sites is 1. The Morgan fingerprint density at radius 3 is 2.30 bits per heavy atom. The summed E-state index contributed by atoms with van der Waals surface area (Å²) >= 11 is 0. The highest BCUT2D eigenvalue weighted by atomic mass is 16.2. The van der Waals surface area contributed by atoms with Crippen LogP contribution in [-0.2, 0) is 9.59 Å². The number of rotatable bonds is 7. The van der Waals surface area contributed by atoms with Crippen molar-refractivity contribution < 1.29 is 9.59 Å². The number of nitrogens with zero attached hydrogens (tertiary/aromatic N) is 2. The Labute approximate surface area is 181 Å². The largest absolute Gasteiger partial charge is 0.354 e. The molecule has 0 radical (unpaired) electrons. The van der Waals surface area contributed by atoms with Crippen molar-refractivity contribution >= 4 is 17.5 Å². The Morgan fingerprint density at radius 1 is 1.03 bits per heavy atom. The molecule has 2 aliphatic rings. The van der Waals surface area contributed by atoms with E-state index in [0.717, 1.165) is 49.5 Å². The second kappa shape index (κ2) is 10.9. The van der Waals surface area contributed by atoms with Crippen molar-refractivity contribution in [3.8, 4) is 0 Å². The SMILES string of the molecule is Cc1cccc(C)c1NC(=O)CN1CCN([C@@H](C)C(=O)NCC2CCCCC2)CC1. The number of hydrogen-bond acceptors (Lipinski definition) is 4. The zero-order valence-corrected chi connectivity index (χ0v) is 18.9. The third-order valence-corrected chi connectivity index (χ3v) is 6.74. The van der Waals surface area contributed by atoms with Crippen LogP contribution in [0.2, 0.25) is 0 Å². The van der Waals surface area contributed by atoms with Gasteiger partial charge in [-0.15, -0.1) is 0 Å². The van der Waals surface area contributed by atoms with Crippen LogP contribution in [-0.4, -0.2) is 66.9 Å². The molecule has 2 fully saturated rings. The molecule has 1 heterocycles. The van der Waals surface area contributed by atoms with E-state index in [-0.39, 0.29) is 17.9 Å². The van der Waals surface area contributed by atoms with Crippen LogP contribution in [0.3, 0.4) is 0 Å². The molecule has 1 aromatic carbocycles. The van der Waals surface area contributed by atoms with Crippen LogP contribution in [0.5, 0.6) is 0 Å². The van der Waals surface area contributed by atoms with Gasteiger partial charge in [0.2, 0.25) is 11.8 Å². The predicted octanol–water partition coefficient (Wildman–Crippen LogP) is 2.94. The zero-order chi connectivity index (χ0) is 21.5. The molecule has 2 amide bonds. The Morgan fingerprint density at radius 2 is 1.67 bits per heavy atom. The van der Waals surface area contributed by atoms with E-state index in [2.05, 4.69) is 20.4 Å². The molecule has 1 saturated heterocycles. The normalized spacial score (nSPS) is 20.0. The summed E-state index contributed by atoms with van der Waals surface area (Å²) in [4.78, 5) is 29.5. The van der Waals surface area contributed by atoms with E-state index in [0.29, 0.717) is 12.5 Å². The van der Waals surface area contributed by atoms with Gasteiger partial charge in [-0.2, -0.15) is 0 Å². The first-order valence-corrected chi connectivity index (χ1v) is 11.5. The van der Waals surface area contributed by atoms with Crippen LogP contribution < -0.4 is 10.6 Å². The van der Waals surface area contributed by atoms with Crippen molar-refractivity contribution in [1.82, 2.24) is 15.1 Å². The summed E-state index contributed by atoms with van der Waals surface area (Å²) < 4.78 is 0. The fourth-order valence-corrected chi connectivity index (χ4v) is 4.65. The molecule has 0 spiro atoms. The smallest absolute Gasteiger partial charge is 0.238 e. The first-order chi connectivity index (χ1) is 14.4. The lowest BCUT2D eigenvalue weighted by Gasteiger charge is -2.37. The monoisotopic (exact) mass is 414 g/mol. The molecular weight excluding hydrogens is 376 g/mol. The number of aryl methyl sites for hydroxylation is 2. The second-order valence-corrected chi connectivity index (χ2v) is 9.05. The summed E-state index contributed by atoms with van der Waals surface area (Å²) in [6.07, 6.45) is 6.44. The lowest BCUT2D eigenvalue weighted by atomic mass is 9.89. The number of piperazine rings is 1. The minimum atomic E-state index is -0.112. The lowest BCUT2D eigenvalue weighted by molar-refractivity contribution is -0.127. The average molecular weight is 415 g/mol. The van der Waals surface area contributed by atoms with Gasteiger partial charge in [-0.05, 0) is 50.7 Å². The van der Waals surface area contributed by atoms with Gasteiger partial charge in [0.05, 0.1) is 12.6 Å². The van der Waals surface area contributed by atoms with E-state index in [1.807, 2.05) is 39.0 Å². The maximum Gasteiger partial charge on any atom is 0.238 e. The van der Waals surface area contributed by atoms with Gasteiger partial charge in [0.1, 0.15) is 0 Å². The highest BCUT2D eigenvalue weighted by Crippen LogP contribution is 2.23. The van der Waals surface area contributed by atoms with E-state index in [1.54, 1.807) is 0 Å². The molecule has 1 aromatic rings. The summed E-state index contributed by atoms with van der Waals surface area (Å²) in [5.41, 5.74) is 3.09. The number of nitrogens with one attached hydrogen (secondary N) is 2. The van der Waals surface area contributed by atoms with Crippen LogP contribution in [0.4, 0.5) is 5.69 Å². The van der Waals surface area contributed by atoms with Crippen LogP contribution in [0.25, 0.3) is 0 Å². The fraction of sp³-hybridized carbons (Fsp3) is 0.667. The lowest BCUT2D eigenvalue weighted by Crippen LogP contribution is -2.55. The maximum atomic E-state index is 12.6. The van der Waals surface area contributed by atoms with Crippen molar-refractivity contribution in [2.45, 2.75) is 58.9 Å². The molecule has 166 valence electrons. The predicted molar refractivity (Wildman–Crippen MR) is 122 cm³/mol. The Hall–Kier alpha value is -1.92. The summed E-state index contributed by atoms with van der Waals surface area (Å²) in [5, 5.41) is 6.24. The summed E-state index contributed by atoms with van der Waals surface area (Å²) in [6.45, 7) is 10.5. The molecule has 2 N–H and O–H groups in total. The van der Waals surface area contributed by atoms with Gasteiger partial charge in [0, 0.05) is 38.4 Å². The van der Waals surface area contributed by atoms with Gasteiger partial charge in [0.25, 0.3) is 0 Å². The van der Waals surface area contributed by atoms with Crippen molar-refractivity contribution in [2.75, 3.05) is 44.6 Å². The molecule has 0 bridgehead atoms. The Bertz CT molecular complexity index is 702. The second-order valence-electron chi connectivity index (χ2n) is 9.05. The van der Waals surface area contributed by atoms with Gasteiger partial charge in [-0.25, -0.2) is 0 Å². The Balaban J connectivity index is 1.39. The number of carbonyl (C=O) groups is 2. The van der Waals surface area contributed by atoms with E-state index in [1.165, 1.54) is 32.1 Å². The quantitative estimate of drug-likeness (QED) is 0.720. The average Bonchev–Trinajstić information content (AvgIpc) is 2.75. The standard InChI is InChI=1S/C24H38N4O2/c1-18-8-7-9-19(2)23(18)26-22(29)17-27-12-14-28(15-13-27)20(3)24(30)25-16-21-10-5-4-6-11-21/h7-9,20-21H,4-6,10-17H2,1-3H3,(H,25,30)(H,26,29)/t20-/m0/s1. The van der Waals surface area contributed by atoms with Crippen LogP contribution >= 0.6 is 0 Å². The molecule has 6 nitrogen and oxygen atoms in total.